The average Bonchev–Trinajstić information content (AvgIpc) is 3.10. The van der Waals surface area contributed by atoms with Gasteiger partial charge < -0.3 is 4.90 Å². The lowest BCUT2D eigenvalue weighted by atomic mass is 9.97. The zero-order valence-corrected chi connectivity index (χ0v) is 15.2. The summed E-state index contributed by atoms with van der Waals surface area (Å²) in [5.41, 5.74) is 0.234. The maximum absolute atomic E-state index is 13.0. The Balaban J connectivity index is 2.02. The van der Waals surface area contributed by atoms with Gasteiger partial charge in [-0.15, -0.1) is 11.3 Å². The number of amides is 1. The first-order valence-corrected chi connectivity index (χ1v) is 8.79. The van der Waals surface area contributed by atoms with E-state index in [0.717, 1.165) is 23.1 Å². The maximum Gasteiger partial charge on any atom is 0.471 e. The molecular weight excluding hydrogens is 391 g/mol. The normalized spacial score (nSPS) is 12.4. The van der Waals surface area contributed by atoms with Gasteiger partial charge in [-0.2, -0.15) is 18.4 Å². The number of ketones is 1. The molecule has 28 heavy (non-hydrogen) atoms. The molecule has 142 valence electrons. The van der Waals surface area contributed by atoms with Gasteiger partial charge in [0.1, 0.15) is 5.01 Å². The van der Waals surface area contributed by atoms with E-state index < -0.39 is 23.8 Å². The van der Waals surface area contributed by atoms with E-state index in [1.807, 2.05) is 6.07 Å². The van der Waals surface area contributed by atoms with E-state index >= 15 is 0 Å². The van der Waals surface area contributed by atoms with Crippen molar-refractivity contribution in [2.24, 2.45) is 0 Å². The number of halogens is 3. The Hall–Kier alpha value is -3.25. The number of alkyl halides is 3. The highest BCUT2D eigenvalue weighted by Gasteiger charge is 2.42. The first kappa shape index (κ1) is 19.5. The molecule has 9 heteroatoms. The molecule has 0 bridgehead atoms. The van der Waals surface area contributed by atoms with Crippen molar-refractivity contribution in [2.75, 3.05) is 11.9 Å². The Bertz CT molecular complexity index is 1070. The molecule has 0 fully saturated rings. The van der Waals surface area contributed by atoms with Crippen LogP contribution in [-0.2, 0) is 4.79 Å². The van der Waals surface area contributed by atoms with E-state index in [9.17, 15) is 28.0 Å². The van der Waals surface area contributed by atoms with Crippen LogP contribution in [0.4, 0.5) is 18.9 Å². The number of Topliss-reactive ketones (excluding diaryl/α,β-unsaturated/α-hetero) is 1. The molecule has 0 radical (unpaired) electrons. The zero-order chi connectivity index (χ0) is 20.5. The molecule has 1 atom stereocenters. The van der Waals surface area contributed by atoms with E-state index in [0.29, 0.717) is 10.4 Å². The van der Waals surface area contributed by atoms with Crippen molar-refractivity contribution >= 4 is 38.9 Å². The molecule has 3 rings (SSSR count). The van der Waals surface area contributed by atoms with Crippen LogP contribution in [0.25, 0.3) is 10.2 Å². The van der Waals surface area contributed by atoms with Crippen LogP contribution in [0.1, 0.15) is 21.3 Å². The summed E-state index contributed by atoms with van der Waals surface area (Å²) < 4.78 is 39.1. The Labute approximate surface area is 161 Å². The van der Waals surface area contributed by atoms with Crippen molar-refractivity contribution in [3.05, 3.63) is 59.1 Å². The molecule has 0 aliphatic carbocycles. The summed E-state index contributed by atoms with van der Waals surface area (Å²) in [5.74, 6) is -4.13. The highest BCUT2D eigenvalue weighted by atomic mass is 32.1. The Morgan fingerprint density at radius 1 is 1.14 bits per heavy atom. The zero-order valence-electron chi connectivity index (χ0n) is 14.4. The highest BCUT2D eigenvalue weighted by molar-refractivity contribution is 7.18. The van der Waals surface area contributed by atoms with Crippen LogP contribution in [0.2, 0.25) is 0 Å². The molecule has 0 saturated carbocycles. The molecule has 1 aromatic heterocycles. The molecule has 0 spiro atoms. The molecule has 0 aliphatic rings. The standard InChI is InChI=1S/C19H12F3N3O2S/c1-25(18(27)19(20,21)22)14-8-4-2-6-11(14)16(26)12(10-23)17-24-13-7-3-5-9-15(13)28-17/h2-9,12H,1H3/t12-/m0/s1. The lowest BCUT2D eigenvalue weighted by molar-refractivity contribution is -0.170. The number of benzene rings is 2. The summed E-state index contributed by atoms with van der Waals surface area (Å²) >= 11 is 1.16. The predicted octanol–water partition coefficient (Wildman–Crippen LogP) is 4.31. The molecule has 0 unspecified atom stereocenters. The quantitative estimate of drug-likeness (QED) is 0.609. The number of rotatable bonds is 4. The van der Waals surface area contributed by atoms with E-state index in [-0.39, 0.29) is 16.3 Å². The monoisotopic (exact) mass is 403 g/mol. The summed E-state index contributed by atoms with van der Waals surface area (Å²) in [4.78, 5) is 29.2. The largest absolute Gasteiger partial charge is 0.471 e. The van der Waals surface area contributed by atoms with Crippen LogP contribution in [0, 0.1) is 11.3 Å². The first-order valence-electron chi connectivity index (χ1n) is 7.97. The molecular formula is C19H12F3N3O2S. The van der Waals surface area contributed by atoms with Crippen molar-refractivity contribution in [2.45, 2.75) is 12.1 Å². The first-order chi connectivity index (χ1) is 13.2. The topological polar surface area (TPSA) is 74.1 Å². The minimum absolute atomic E-state index is 0.159. The average molecular weight is 403 g/mol. The number of carbonyl (C=O) groups excluding carboxylic acids is 2. The molecule has 1 heterocycles. The Morgan fingerprint density at radius 3 is 2.43 bits per heavy atom. The van der Waals surface area contributed by atoms with Gasteiger partial charge >= 0.3 is 12.1 Å². The Morgan fingerprint density at radius 2 is 1.79 bits per heavy atom. The maximum atomic E-state index is 13.0. The van der Waals surface area contributed by atoms with Crippen LogP contribution >= 0.6 is 11.3 Å². The lowest BCUT2D eigenvalue weighted by Crippen LogP contribution is -2.39. The van der Waals surface area contributed by atoms with Crippen LogP contribution in [0.5, 0.6) is 0 Å². The molecule has 0 aliphatic heterocycles. The number of fused-ring (bicyclic) bond motifs is 1. The van der Waals surface area contributed by atoms with Gasteiger partial charge in [0.25, 0.3) is 0 Å². The summed E-state index contributed by atoms with van der Waals surface area (Å²) in [6.45, 7) is 0. The van der Waals surface area contributed by atoms with E-state index in [1.165, 1.54) is 24.3 Å². The van der Waals surface area contributed by atoms with Crippen LogP contribution < -0.4 is 4.90 Å². The van der Waals surface area contributed by atoms with Gasteiger partial charge in [0.05, 0.1) is 22.0 Å². The fourth-order valence-electron chi connectivity index (χ4n) is 2.67. The number of hydrogen-bond donors (Lipinski definition) is 0. The summed E-state index contributed by atoms with van der Waals surface area (Å²) in [6, 6.07) is 14.3. The predicted molar refractivity (Wildman–Crippen MR) is 98.2 cm³/mol. The van der Waals surface area contributed by atoms with Crippen LogP contribution in [0.3, 0.4) is 0 Å². The number of aromatic nitrogens is 1. The fourth-order valence-corrected chi connectivity index (χ4v) is 3.68. The number of carbonyl (C=O) groups is 2. The fraction of sp³-hybridized carbons (Fsp3) is 0.158. The van der Waals surface area contributed by atoms with Crippen molar-refractivity contribution in [3.8, 4) is 6.07 Å². The van der Waals surface area contributed by atoms with Gasteiger partial charge in [0, 0.05) is 12.6 Å². The molecule has 5 nitrogen and oxygen atoms in total. The third kappa shape index (κ3) is 3.59. The van der Waals surface area contributed by atoms with Crippen molar-refractivity contribution in [1.82, 2.24) is 4.98 Å². The second kappa shape index (κ2) is 7.40. The second-order valence-electron chi connectivity index (χ2n) is 5.83. The molecule has 3 aromatic rings. The van der Waals surface area contributed by atoms with Gasteiger partial charge in [-0.3, -0.25) is 9.59 Å². The van der Waals surface area contributed by atoms with Gasteiger partial charge in [-0.05, 0) is 24.3 Å². The third-order valence-electron chi connectivity index (χ3n) is 4.03. The smallest absolute Gasteiger partial charge is 0.307 e. The molecule has 2 aromatic carbocycles. The van der Waals surface area contributed by atoms with Crippen LogP contribution in [-0.4, -0.2) is 29.9 Å². The van der Waals surface area contributed by atoms with E-state index in [1.54, 1.807) is 24.3 Å². The number of anilines is 1. The summed E-state index contributed by atoms with van der Waals surface area (Å²) in [6.07, 6.45) is -5.09. The lowest BCUT2D eigenvalue weighted by Gasteiger charge is -2.21. The minimum Gasteiger partial charge on any atom is -0.307 e. The highest BCUT2D eigenvalue weighted by Crippen LogP contribution is 2.32. The number of thiazole rings is 1. The summed E-state index contributed by atoms with van der Waals surface area (Å²) in [5, 5.41) is 9.78. The number of hydrogen-bond acceptors (Lipinski definition) is 5. The van der Waals surface area contributed by atoms with Crippen LogP contribution in [0.15, 0.2) is 48.5 Å². The van der Waals surface area contributed by atoms with Gasteiger partial charge in [0.2, 0.25) is 0 Å². The minimum atomic E-state index is -5.09. The van der Waals surface area contributed by atoms with Gasteiger partial charge in [-0.25, -0.2) is 4.98 Å². The number of nitrogens with zero attached hydrogens (tertiary/aromatic N) is 3. The third-order valence-corrected chi connectivity index (χ3v) is 5.13. The number of para-hydroxylation sites is 2. The molecule has 0 saturated heterocycles. The SMILES string of the molecule is CN(C(=O)C(F)(F)F)c1ccccc1C(=O)[C@H](C#N)c1nc2ccccc2s1. The van der Waals surface area contributed by atoms with Crippen molar-refractivity contribution < 1.29 is 22.8 Å². The molecule has 0 N–H and O–H groups in total. The van der Waals surface area contributed by atoms with Crippen molar-refractivity contribution in [3.63, 3.8) is 0 Å². The Kier molecular flexibility index (Phi) is 5.16. The summed E-state index contributed by atoms with van der Waals surface area (Å²) in [7, 11) is 0.932. The molecule has 1 amide bonds. The van der Waals surface area contributed by atoms with Gasteiger partial charge in [-0.1, -0.05) is 24.3 Å². The second-order valence-corrected chi connectivity index (χ2v) is 6.89. The van der Waals surface area contributed by atoms with Gasteiger partial charge in [0.15, 0.2) is 11.7 Å². The van der Waals surface area contributed by atoms with E-state index in [2.05, 4.69) is 4.98 Å². The number of nitriles is 1. The van der Waals surface area contributed by atoms with Crippen molar-refractivity contribution in [1.29, 1.82) is 5.26 Å². The van der Waals surface area contributed by atoms with E-state index in [4.69, 9.17) is 0 Å².